The van der Waals surface area contributed by atoms with Gasteiger partial charge in [0.15, 0.2) is 11.5 Å². The maximum atomic E-state index is 13.3. The number of benzene rings is 3. The molecule has 40 heavy (non-hydrogen) atoms. The second-order valence-electron chi connectivity index (χ2n) is 13.6. The molecule has 0 radical (unpaired) electrons. The summed E-state index contributed by atoms with van der Waals surface area (Å²) in [5, 5.41) is 24.4. The van der Waals surface area contributed by atoms with Crippen LogP contribution in [0, 0.1) is 11.8 Å². The molecule has 2 saturated heterocycles. The Morgan fingerprint density at radius 1 is 0.925 bits per heavy atom. The first-order chi connectivity index (χ1) is 19.6. The van der Waals surface area contributed by atoms with Gasteiger partial charge in [-0.25, -0.2) is 0 Å². The third-order valence-electron chi connectivity index (χ3n) is 11.7. The molecule has 4 fully saturated rings. The smallest absolute Gasteiger partial charge is 0.165 e. The Morgan fingerprint density at radius 3 is 2.48 bits per heavy atom. The summed E-state index contributed by atoms with van der Waals surface area (Å²) in [6.07, 6.45) is 4.97. The first kappa shape index (κ1) is 23.8. The highest BCUT2D eigenvalue weighted by molar-refractivity contribution is 5.63. The van der Waals surface area contributed by atoms with Crippen LogP contribution in [-0.2, 0) is 18.4 Å². The molecule has 2 N–H and O–H groups in total. The third kappa shape index (κ3) is 3.09. The van der Waals surface area contributed by atoms with Gasteiger partial charge in [-0.05, 0) is 73.2 Å². The van der Waals surface area contributed by atoms with Gasteiger partial charge in [-0.3, -0.25) is 9.80 Å². The molecule has 2 bridgehead atoms. The van der Waals surface area contributed by atoms with Crippen molar-refractivity contribution in [3.8, 4) is 11.5 Å². The zero-order valence-corrected chi connectivity index (χ0v) is 23.0. The Kier molecular flexibility index (Phi) is 4.96. The molecule has 3 aliphatic heterocycles. The van der Waals surface area contributed by atoms with E-state index in [9.17, 15) is 10.2 Å². The number of nitrogens with zero attached hydrogens (tertiary/aromatic N) is 2. The lowest BCUT2D eigenvalue weighted by atomic mass is 9.46. The van der Waals surface area contributed by atoms with E-state index in [1.54, 1.807) is 0 Å². The number of aliphatic hydroxyl groups is 1. The van der Waals surface area contributed by atoms with Gasteiger partial charge in [-0.1, -0.05) is 66.7 Å². The van der Waals surface area contributed by atoms with Crippen molar-refractivity contribution in [2.75, 3.05) is 19.6 Å². The van der Waals surface area contributed by atoms with Crippen molar-refractivity contribution in [1.82, 2.24) is 9.80 Å². The largest absolute Gasteiger partial charge is 0.504 e. The van der Waals surface area contributed by atoms with Crippen LogP contribution in [0.1, 0.15) is 53.9 Å². The van der Waals surface area contributed by atoms with Crippen LogP contribution in [0.15, 0.2) is 72.8 Å². The van der Waals surface area contributed by atoms with Crippen LogP contribution in [0.5, 0.6) is 11.5 Å². The standard InChI is InChI=1S/C35H38N2O3/c38-28-14-13-25-17-29-35(39)18-26-27(24-9-5-2-6-10-24)21-37(20-22-7-3-1-4-8-22)31(26)33-34(35,30(25)32(28)40-33)15-16-36(29)19-23-11-12-23/h1-10,13-14,23,26-27,29,31,33,38-39H,11-12,15-21H2/t26?,27?,29-,31?,33+,34+,35-/m1/s1. The number of likely N-dealkylation sites (tertiary alicyclic amines) is 2. The Morgan fingerprint density at radius 2 is 1.70 bits per heavy atom. The molecule has 7 atom stereocenters. The summed E-state index contributed by atoms with van der Waals surface area (Å²) in [4.78, 5) is 5.29. The number of rotatable bonds is 5. The number of hydrogen-bond donors (Lipinski definition) is 2. The minimum absolute atomic E-state index is 0.0940. The first-order valence-electron chi connectivity index (χ1n) is 15.4. The number of phenols is 1. The van der Waals surface area contributed by atoms with E-state index in [1.165, 1.54) is 29.5 Å². The van der Waals surface area contributed by atoms with E-state index in [1.807, 2.05) is 6.07 Å². The van der Waals surface area contributed by atoms with Crippen LogP contribution in [-0.4, -0.2) is 63.4 Å². The van der Waals surface area contributed by atoms with Crippen LogP contribution < -0.4 is 4.74 Å². The third-order valence-corrected chi connectivity index (χ3v) is 11.7. The van der Waals surface area contributed by atoms with E-state index in [4.69, 9.17) is 4.74 Å². The lowest BCUT2D eigenvalue weighted by molar-refractivity contribution is -0.208. The van der Waals surface area contributed by atoms with E-state index in [0.29, 0.717) is 11.7 Å². The first-order valence-corrected chi connectivity index (χ1v) is 15.4. The van der Waals surface area contributed by atoms with Gasteiger partial charge in [0.1, 0.15) is 6.10 Å². The van der Waals surface area contributed by atoms with Gasteiger partial charge in [0.25, 0.3) is 0 Å². The molecule has 0 amide bonds. The van der Waals surface area contributed by atoms with Gasteiger partial charge in [-0.2, -0.15) is 0 Å². The van der Waals surface area contributed by atoms with E-state index in [-0.39, 0.29) is 29.9 Å². The zero-order valence-electron chi connectivity index (χ0n) is 23.0. The van der Waals surface area contributed by atoms with Gasteiger partial charge in [0, 0.05) is 37.2 Å². The van der Waals surface area contributed by atoms with Crippen LogP contribution in [0.2, 0.25) is 0 Å². The van der Waals surface area contributed by atoms with Gasteiger partial charge in [0.2, 0.25) is 0 Å². The fourth-order valence-corrected chi connectivity index (χ4v) is 9.92. The molecule has 6 aliphatic rings. The van der Waals surface area contributed by atoms with Crippen molar-refractivity contribution >= 4 is 0 Å². The summed E-state index contributed by atoms with van der Waals surface area (Å²) in [5.41, 5.74) is 3.71. The maximum Gasteiger partial charge on any atom is 0.165 e. The van der Waals surface area contributed by atoms with Crippen LogP contribution in [0.3, 0.4) is 0 Å². The predicted octanol–water partition coefficient (Wildman–Crippen LogP) is 4.85. The molecule has 206 valence electrons. The number of piperidine rings is 1. The predicted molar refractivity (Wildman–Crippen MR) is 153 cm³/mol. The quantitative estimate of drug-likeness (QED) is 0.490. The van der Waals surface area contributed by atoms with Crippen LogP contribution in [0.25, 0.3) is 0 Å². The Hall–Kier alpha value is -2.86. The minimum atomic E-state index is -0.881. The Labute approximate surface area is 236 Å². The lowest BCUT2D eigenvalue weighted by Crippen LogP contribution is -2.79. The Balaban J connectivity index is 1.21. The Bertz CT molecular complexity index is 1460. The molecule has 3 unspecified atom stereocenters. The number of hydrogen-bond acceptors (Lipinski definition) is 5. The van der Waals surface area contributed by atoms with Crippen molar-refractivity contribution in [3.63, 3.8) is 0 Å². The summed E-state index contributed by atoms with van der Waals surface area (Å²) in [6.45, 7) is 3.92. The van der Waals surface area contributed by atoms with Crippen LogP contribution >= 0.6 is 0 Å². The van der Waals surface area contributed by atoms with E-state index in [2.05, 4.69) is 76.5 Å². The molecule has 5 nitrogen and oxygen atoms in total. The maximum absolute atomic E-state index is 13.3. The average Bonchev–Trinajstić information content (AvgIpc) is 3.62. The summed E-state index contributed by atoms with van der Waals surface area (Å²) in [5.74, 6) is 2.27. The topological polar surface area (TPSA) is 56.2 Å². The van der Waals surface area contributed by atoms with Gasteiger partial charge < -0.3 is 14.9 Å². The van der Waals surface area contributed by atoms with Gasteiger partial charge >= 0.3 is 0 Å². The molecule has 3 aromatic carbocycles. The van der Waals surface area contributed by atoms with Crippen molar-refractivity contribution in [2.24, 2.45) is 11.8 Å². The molecular weight excluding hydrogens is 496 g/mol. The number of fused-ring (bicyclic) bond motifs is 2. The van der Waals surface area contributed by atoms with Crippen molar-refractivity contribution < 1.29 is 14.9 Å². The lowest BCUT2D eigenvalue weighted by Gasteiger charge is -2.65. The van der Waals surface area contributed by atoms with Crippen LogP contribution in [0.4, 0.5) is 0 Å². The second kappa shape index (κ2) is 8.34. The number of aromatic hydroxyl groups is 1. The number of phenolic OH excluding ortho intramolecular Hbond substituents is 1. The SMILES string of the molecule is Oc1ccc2c3c1O[C@H]1C4C(C[C@@]5(O)[C@@H](C2)N(CC2CC2)CC[C@]315)C(c1ccccc1)CN4Cc1ccccc1. The van der Waals surface area contributed by atoms with Crippen molar-refractivity contribution in [1.29, 1.82) is 0 Å². The molecule has 0 aromatic heterocycles. The van der Waals surface area contributed by atoms with Gasteiger partial charge in [-0.15, -0.1) is 0 Å². The fourth-order valence-electron chi connectivity index (χ4n) is 9.92. The molecule has 3 aliphatic carbocycles. The molecule has 1 spiro atoms. The summed E-state index contributed by atoms with van der Waals surface area (Å²) in [6, 6.07) is 26.0. The van der Waals surface area contributed by atoms with E-state index < -0.39 is 11.0 Å². The zero-order chi connectivity index (χ0) is 26.6. The molecular formula is C35H38N2O3. The molecule has 5 heteroatoms. The summed E-state index contributed by atoms with van der Waals surface area (Å²) >= 11 is 0. The molecule has 9 rings (SSSR count). The highest BCUT2D eigenvalue weighted by atomic mass is 16.5. The van der Waals surface area contributed by atoms with Crippen molar-refractivity contribution in [2.45, 2.75) is 73.8 Å². The number of ether oxygens (including phenoxy) is 1. The monoisotopic (exact) mass is 534 g/mol. The normalized spacial score (nSPS) is 37.6. The summed E-state index contributed by atoms with van der Waals surface area (Å²) in [7, 11) is 0. The van der Waals surface area contributed by atoms with Gasteiger partial charge in [0.05, 0.1) is 17.1 Å². The summed E-state index contributed by atoms with van der Waals surface area (Å²) < 4.78 is 7.00. The molecule has 3 aromatic rings. The average molecular weight is 535 g/mol. The molecule has 3 heterocycles. The fraction of sp³-hybridized carbons (Fsp3) is 0.486. The van der Waals surface area contributed by atoms with E-state index in [0.717, 1.165) is 56.9 Å². The van der Waals surface area contributed by atoms with E-state index >= 15 is 0 Å². The highest BCUT2D eigenvalue weighted by Crippen LogP contribution is 2.68. The molecule has 2 saturated carbocycles. The minimum Gasteiger partial charge on any atom is -0.504 e. The second-order valence-corrected chi connectivity index (χ2v) is 13.6. The van der Waals surface area contributed by atoms with Crippen molar-refractivity contribution in [3.05, 3.63) is 95.1 Å². The highest BCUT2D eigenvalue weighted by Gasteiger charge is 2.76.